The zero-order chi connectivity index (χ0) is 36.4. The normalized spacial score (nSPS) is 13.4. The molecular weight excluding hydrogens is 665 g/mol. The molecule has 11 aromatic rings. The van der Waals surface area contributed by atoms with Crippen LogP contribution in [0.5, 0.6) is 0 Å². The van der Waals surface area contributed by atoms with E-state index in [0.717, 1.165) is 0 Å². The first-order chi connectivity index (χ1) is 27.0. The average Bonchev–Trinajstić information content (AvgIpc) is 3.83. The molecule has 0 spiro atoms. The van der Waals surface area contributed by atoms with Crippen molar-refractivity contribution >= 4 is 65.2 Å². The summed E-state index contributed by atoms with van der Waals surface area (Å²) < 4.78 is 4.90. The minimum Gasteiger partial charge on any atom is -0.309 e. The summed E-state index contributed by atoms with van der Waals surface area (Å²) in [5, 5.41) is 10.1. The summed E-state index contributed by atoms with van der Waals surface area (Å²) in [4.78, 5) is 0. The molecule has 0 saturated carbocycles. The maximum absolute atomic E-state index is 2.48. The van der Waals surface area contributed by atoms with Crippen molar-refractivity contribution in [2.24, 2.45) is 0 Å². The van der Waals surface area contributed by atoms with Crippen LogP contribution in [-0.4, -0.2) is 9.13 Å². The zero-order valence-corrected chi connectivity index (χ0v) is 30.7. The Morgan fingerprint density at radius 1 is 0.364 bits per heavy atom. The van der Waals surface area contributed by atoms with E-state index in [1.54, 1.807) is 0 Å². The average molecular weight is 701 g/mol. The molecule has 0 fully saturated rings. The summed E-state index contributed by atoms with van der Waals surface area (Å²) in [7, 11) is 0. The molecule has 1 aliphatic carbocycles. The highest BCUT2D eigenvalue weighted by Gasteiger charge is 2.37. The van der Waals surface area contributed by atoms with E-state index < -0.39 is 0 Å². The molecule has 9 aromatic carbocycles. The van der Waals surface area contributed by atoms with Crippen LogP contribution in [0.3, 0.4) is 0 Å². The molecule has 55 heavy (non-hydrogen) atoms. The Balaban J connectivity index is 1.12. The Morgan fingerprint density at radius 3 is 1.60 bits per heavy atom. The molecule has 0 aliphatic heterocycles. The van der Waals surface area contributed by atoms with Crippen molar-refractivity contribution in [3.63, 3.8) is 0 Å². The molecule has 0 N–H and O–H groups in total. The first kappa shape index (κ1) is 30.6. The Bertz CT molecular complexity index is 3410. The summed E-state index contributed by atoms with van der Waals surface area (Å²) in [6.45, 7) is 4.75. The zero-order valence-electron chi connectivity index (χ0n) is 30.7. The Hall–Kier alpha value is -6.90. The molecule has 12 rings (SSSR count). The van der Waals surface area contributed by atoms with Gasteiger partial charge in [-0.1, -0.05) is 135 Å². The van der Waals surface area contributed by atoms with Crippen LogP contribution in [0.15, 0.2) is 182 Å². The van der Waals surface area contributed by atoms with E-state index in [1.165, 1.54) is 110 Å². The molecule has 0 saturated heterocycles. The maximum Gasteiger partial charge on any atom is 0.0547 e. The van der Waals surface area contributed by atoms with Gasteiger partial charge in [0, 0.05) is 38.3 Å². The van der Waals surface area contributed by atoms with Gasteiger partial charge in [0.2, 0.25) is 0 Å². The van der Waals surface area contributed by atoms with E-state index in [1.807, 2.05) is 0 Å². The van der Waals surface area contributed by atoms with Crippen molar-refractivity contribution in [1.82, 2.24) is 9.13 Å². The van der Waals surface area contributed by atoms with E-state index >= 15 is 0 Å². The minimum atomic E-state index is -0.0839. The van der Waals surface area contributed by atoms with Gasteiger partial charge in [-0.15, -0.1) is 0 Å². The van der Waals surface area contributed by atoms with Crippen LogP contribution in [-0.2, 0) is 5.41 Å². The number of rotatable bonds is 3. The number of hydrogen-bond acceptors (Lipinski definition) is 0. The van der Waals surface area contributed by atoms with E-state index in [0.29, 0.717) is 0 Å². The first-order valence-corrected chi connectivity index (χ1v) is 19.3. The number of para-hydroxylation sites is 1. The van der Waals surface area contributed by atoms with Crippen LogP contribution in [0.2, 0.25) is 0 Å². The number of aromatic nitrogens is 2. The van der Waals surface area contributed by atoms with E-state index in [4.69, 9.17) is 0 Å². The van der Waals surface area contributed by atoms with Gasteiger partial charge in [0.05, 0.1) is 22.1 Å². The standard InChI is InChI=1S/C53H36N2/c1-53(2)45-17-9-7-16-42(45)51-46(53)25-28-50-52(51)44-32-38(22-27-49(44)55(50)40-24-20-34-12-4-6-14-36(34)30-40)37-21-26-48-43(31-37)41-15-8-10-18-47(41)54(48)39-23-19-33-11-3-5-13-35(33)29-39/h3-32H,1-2H3. The van der Waals surface area contributed by atoms with Gasteiger partial charge in [0.15, 0.2) is 0 Å². The summed E-state index contributed by atoms with van der Waals surface area (Å²) in [5.41, 5.74) is 15.1. The van der Waals surface area contributed by atoms with Gasteiger partial charge in [-0.2, -0.15) is 0 Å². The largest absolute Gasteiger partial charge is 0.309 e. The van der Waals surface area contributed by atoms with E-state index in [-0.39, 0.29) is 5.41 Å². The summed E-state index contributed by atoms with van der Waals surface area (Å²) in [6.07, 6.45) is 0. The highest BCUT2D eigenvalue weighted by Crippen LogP contribution is 2.53. The Morgan fingerprint density at radius 2 is 0.891 bits per heavy atom. The number of hydrogen-bond donors (Lipinski definition) is 0. The number of nitrogens with zero attached hydrogens (tertiary/aromatic N) is 2. The fourth-order valence-corrected chi connectivity index (χ4v) is 9.82. The second kappa shape index (κ2) is 11.1. The van der Waals surface area contributed by atoms with Crippen LogP contribution in [0, 0.1) is 0 Å². The highest BCUT2D eigenvalue weighted by atomic mass is 15.0. The van der Waals surface area contributed by atoms with Crippen LogP contribution < -0.4 is 0 Å². The lowest BCUT2D eigenvalue weighted by Gasteiger charge is -2.21. The SMILES string of the molecule is CC1(C)c2ccccc2-c2c1ccc1c2c2cc(-c3ccc4c(c3)c3ccccc3n4-c3ccc4ccccc4c3)ccc2n1-c1ccc2ccccc2c1. The molecule has 0 radical (unpaired) electrons. The lowest BCUT2D eigenvalue weighted by molar-refractivity contribution is 0.661. The van der Waals surface area contributed by atoms with Gasteiger partial charge in [-0.25, -0.2) is 0 Å². The Labute approximate surface area is 319 Å². The third-order valence-electron chi connectivity index (χ3n) is 12.5. The molecule has 2 heteroatoms. The van der Waals surface area contributed by atoms with Crippen LogP contribution >= 0.6 is 0 Å². The summed E-state index contributed by atoms with van der Waals surface area (Å²) in [6, 6.07) is 67.7. The monoisotopic (exact) mass is 700 g/mol. The smallest absolute Gasteiger partial charge is 0.0547 e. The molecular formula is C53H36N2. The molecule has 0 unspecified atom stereocenters. The predicted octanol–water partition coefficient (Wildman–Crippen LogP) is 14.2. The molecule has 0 bridgehead atoms. The van der Waals surface area contributed by atoms with Crippen molar-refractivity contribution in [2.45, 2.75) is 19.3 Å². The number of benzene rings is 9. The van der Waals surface area contributed by atoms with Crippen LogP contribution in [0.4, 0.5) is 0 Å². The van der Waals surface area contributed by atoms with Gasteiger partial charge in [0.1, 0.15) is 0 Å². The topological polar surface area (TPSA) is 9.86 Å². The third-order valence-corrected chi connectivity index (χ3v) is 12.5. The quantitative estimate of drug-likeness (QED) is 0.174. The maximum atomic E-state index is 2.48. The molecule has 2 aromatic heterocycles. The van der Waals surface area contributed by atoms with Crippen molar-refractivity contribution < 1.29 is 0 Å². The highest BCUT2D eigenvalue weighted by molar-refractivity contribution is 6.19. The lowest BCUT2D eigenvalue weighted by Crippen LogP contribution is -2.14. The van der Waals surface area contributed by atoms with E-state index in [9.17, 15) is 0 Å². The second-order valence-corrected chi connectivity index (χ2v) is 15.8. The summed E-state index contributed by atoms with van der Waals surface area (Å²) in [5.74, 6) is 0. The molecule has 2 heterocycles. The number of fused-ring (bicyclic) bond motifs is 12. The van der Waals surface area contributed by atoms with Crippen LogP contribution in [0.1, 0.15) is 25.0 Å². The predicted molar refractivity (Wildman–Crippen MR) is 233 cm³/mol. The molecule has 258 valence electrons. The minimum absolute atomic E-state index is 0.0839. The lowest BCUT2D eigenvalue weighted by atomic mass is 9.82. The van der Waals surface area contributed by atoms with Gasteiger partial charge < -0.3 is 9.13 Å². The van der Waals surface area contributed by atoms with Crippen LogP contribution in [0.25, 0.3) is 98.8 Å². The van der Waals surface area contributed by atoms with Crippen molar-refractivity contribution in [3.8, 4) is 33.6 Å². The van der Waals surface area contributed by atoms with Gasteiger partial charge >= 0.3 is 0 Å². The fourth-order valence-electron chi connectivity index (χ4n) is 9.82. The van der Waals surface area contributed by atoms with Gasteiger partial charge in [-0.3, -0.25) is 0 Å². The first-order valence-electron chi connectivity index (χ1n) is 19.3. The molecule has 1 aliphatic rings. The van der Waals surface area contributed by atoms with E-state index in [2.05, 4.69) is 205 Å². The van der Waals surface area contributed by atoms with Gasteiger partial charge in [0.25, 0.3) is 0 Å². The Kier molecular flexibility index (Phi) is 6.15. The third kappa shape index (κ3) is 4.25. The molecule has 0 amide bonds. The molecule has 2 nitrogen and oxygen atoms in total. The fraction of sp³-hybridized carbons (Fsp3) is 0.0566. The van der Waals surface area contributed by atoms with Crippen molar-refractivity contribution in [3.05, 3.63) is 193 Å². The van der Waals surface area contributed by atoms with Crippen molar-refractivity contribution in [1.29, 1.82) is 0 Å². The van der Waals surface area contributed by atoms with Gasteiger partial charge in [-0.05, 0) is 116 Å². The molecule has 0 atom stereocenters. The summed E-state index contributed by atoms with van der Waals surface area (Å²) >= 11 is 0. The van der Waals surface area contributed by atoms with Crippen molar-refractivity contribution in [2.75, 3.05) is 0 Å². The second-order valence-electron chi connectivity index (χ2n) is 15.8.